The van der Waals surface area contributed by atoms with Crippen molar-refractivity contribution in [2.24, 2.45) is 0 Å². The summed E-state index contributed by atoms with van der Waals surface area (Å²) in [6.45, 7) is 8.02. The first-order valence-electron chi connectivity index (χ1n) is 9.00. The van der Waals surface area contributed by atoms with Crippen molar-refractivity contribution in [2.75, 3.05) is 5.75 Å². The highest BCUT2D eigenvalue weighted by Gasteiger charge is 2.20. The number of fused-ring (bicyclic) bond motifs is 1. The molecule has 2 aromatic heterocycles. The second-order valence-electron chi connectivity index (χ2n) is 6.70. The zero-order chi connectivity index (χ0) is 19.7. The van der Waals surface area contributed by atoms with Gasteiger partial charge in [0.15, 0.2) is 5.16 Å². The van der Waals surface area contributed by atoms with Crippen LogP contribution in [0.3, 0.4) is 0 Å². The van der Waals surface area contributed by atoms with Gasteiger partial charge in [-0.1, -0.05) is 72.4 Å². The second-order valence-corrected chi connectivity index (χ2v) is 8.84. The Morgan fingerprint density at radius 2 is 1.75 bits per heavy atom. The molecule has 0 saturated heterocycles. The largest absolute Gasteiger partial charge is 0.268 e. The summed E-state index contributed by atoms with van der Waals surface area (Å²) in [4.78, 5) is 20.5. The smallest absolute Gasteiger partial charge is 0.268 e. The van der Waals surface area contributed by atoms with Crippen LogP contribution in [0.15, 0.2) is 82.8 Å². The molecule has 140 valence electrons. The molecule has 0 amide bonds. The molecule has 0 saturated carbocycles. The number of hydrogen-bond acceptors (Lipinski definition) is 4. The lowest BCUT2D eigenvalue weighted by Crippen LogP contribution is -2.21. The van der Waals surface area contributed by atoms with Crippen LogP contribution in [0.2, 0.25) is 0 Å². The molecule has 28 heavy (non-hydrogen) atoms. The van der Waals surface area contributed by atoms with Gasteiger partial charge in [0.1, 0.15) is 4.83 Å². The van der Waals surface area contributed by atoms with Crippen LogP contribution < -0.4 is 5.56 Å². The minimum absolute atomic E-state index is 0.0244. The Morgan fingerprint density at radius 1 is 1.11 bits per heavy atom. The van der Waals surface area contributed by atoms with Gasteiger partial charge in [-0.3, -0.25) is 9.36 Å². The number of rotatable bonds is 5. The van der Waals surface area contributed by atoms with Crippen molar-refractivity contribution in [2.45, 2.75) is 19.0 Å². The third kappa shape index (κ3) is 3.43. The minimum Gasteiger partial charge on any atom is -0.268 e. The van der Waals surface area contributed by atoms with Crippen LogP contribution in [-0.4, -0.2) is 15.3 Å². The molecule has 3 nitrogen and oxygen atoms in total. The molecule has 0 unspecified atom stereocenters. The highest BCUT2D eigenvalue weighted by atomic mass is 32.2. The maximum atomic E-state index is 13.7. The zero-order valence-electron chi connectivity index (χ0n) is 15.8. The van der Waals surface area contributed by atoms with Crippen molar-refractivity contribution in [1.29, 1.82) is 0 Å². The lowest BCUT2D eigenvalue weighted by atomic mass is 10.0. The molecule has 4 aromatic rings. The number of aryl methyl sites for hydroxylation is 1. The number of thioether (sulfide) groups is 1. The van der Waals surface area contributed by atoms with Gasteiger partial charge < -0.3 is 0 Å². The van der Waals surface area contributed by atoms with E-state index in [1.807, 2.05) is 67.6 Å². The van der Waals surface area contributed by atoms with Crippen LogP contribution in [0.4, 0.5) is 0 Å². The van der Waals surface area contributed by atoms with Crippen LogP contribution >= 0.6 is 23.1 Å². The van der Waals surface area contributed by atoms with Crippen LogP contribution in [0.1, 0.15) is 11.8 Å². The summed E-state index contributed by atoms with van der Waals surface area (Å²) in [5.41, 5.74) is 3.88. The van der Waals surface area contributed by atoms with E-state index >= 15 is 0 Å². The Kier molecular flexibility index (Phi) is 5.20. The maximum Gasteiger partial charge on any atom is 0.268 e. The second kappa shape index (κ2) is 7.78. The van der Waals surface area contributed by atoms with Crippen molar-refractivity contribution in [1.82, 2.24) is 9.55 Å². The van der Waals surface area contributed by atoms with Gasteiger partial charge in [-0.15, -0.1) is 11.3 Å². The highest BCUT2D eigenvalue weighted by Crippen LogP contribution is 2.37. The van der Waals surface area contributed by atoms with Gasteiger partial charge in [0.25, 0.3) is 5.56 Å². The van der Waals surface area contributed by atoms with Crippen LogP contribution in [-0.2, 0) is 0 Å². The first kappa shape index (κ1) is 18.7. The number of nitrogens with zero attached hydrogens (tertiary/aromatic N) is 2. The van der Waals surface area contributed by atoms with Crippen LogP contribution in [0.25, 0.3) is 27.0 Å². The summed E-state index contributed by atoms with van der Waals surface area (Å²) in [5.74, 6) is 0.723. The third-order valence-corrected chi connectivity index (χ3v) is 6.56. The molecule has 0 spiro atoms. The van der Waals surface area contributed by atoms with E-state index in [1.165, 1.54) is 0 Å². The standard InChI is InChI=1S/C23H20N2OS2/c1-15(2)14-27-23-24-21-20(22(26)25(23)18-12-8-5-9-13-18)19(16(3)28-21)17-10-6-4-7-11-17/h4-13H,1,14H2,2-3H3. The van der Waals surface area contributed by atoms with E-state index in [0.717, 1.165) is 37.8 Å². The van der Waals surface area contributed by atoms with E-state index < -0.39 is 0 Å². The maximum absolute atomic E-state index is 13.7. The zero-order valence-corrected chi connectivity index (χ0v) is 17.4. The number of hydrogen-bond donors (Lipinski definition) is 0. The number of thiophene rings is 1. The highest BCUT2D eigenvalue weighted by molar-refractivity contribution is 7.99. The molecule has 5 heteroatoms. The minimum atomic E-state index is -0.0244. The summed E-state index contributed by atoms with van der Waals surface area (Å²) in [6.07, 6.45) is 0. The fourth-order valence-corrected chi connectivity index (χ4v) is 5.13. The van der Waals surface area contributed by atoms with Crippen LogP contribution in [0, 0.1) is 6.92 Å². The van der Waals surface area contributed by atoms with Gasteiger partial charge in [-0.25, -0.2) is 4.98 Å². The Hall–Kier alpha value is -2.63. The molecule has 0 aliphatic rings. The van der Waals surface area contributed by atoms with Gasteiger partial charge in [0.2, 0.25) is 0 Å². The molecule has 0 N–H and O–H groups in total. The number of aromatic nitrogens is 2. The SMILES string of the molecule is C=C(C)CSc1nc2sc(C)c(-c3ccccc3)c2c(=O)n1-c1ccccc1. The summed E-state index contributed by atoms with van der Waals surface area (Å²) in [5, 5.41) is 1.39. The summed E-state index contributed by atoms with van der Waals surface area (Å²) < 4.78 is 1.73. The molecular weight excluding hydrogens is 384 g/mol. The molecular formula is C23H20N2OS2. The van der Waals surface area contributed by atoms with E-state index in [4.69, 9.17) is 4.98 Å². The summed E-state index contributed by atoms with van der Waals surface area (Å²) >= 11 is 3.13. The van der Waals surface area contributed by atoms with Crippen molar-refractivity contribution in [3.63, 3.8) is 0 Å². The lowest BCUT2D eigenvalue weighted by Gasteiger charge is -2.12. The van der Waals surface area contributed by atoms with Crippen molar-refractivity contribution in [3.8, 4) is 16.8 Å². The van der Waals surface area contributed by atoms with E-state index in [1.54, 1.807) is 27.7 Å². The van der Waals surface area contributed by atoms with E-state index in [0.29, 0.717) is 10.5 Å². The first-order chi connectivity index (χ1) is 13.6. The summed E-state index contributed by atoms with van der Waals surface area (Å²) in [7, 11) is 0. The van der Waals surface area contributed by atoms with Gasteiger partial charge in [-0.05, 0) is 31.5 Å². The van der Waals surface area contributed by atoms with Gasteiger partial charge in [0.05, 0.1) is 11.1 Å². The average Bonchev–Trinajstić information content (AvgIpc) is 3.04. The van der Waals surface area contributed by atoms with Crippen molar-refractivity contribution >= 4 is 33.3 Å². The predicted molar refractivity (Wildman–Crippen MR) is 121 cm³/mol. The molecule has 0 fully saturated rings. The normalized spacial score (nSPS) is 11.1. The molecule has 0 atom stereocenters. The Morgan fingerprint density at radius 3 is 2.39 bits per heavy atom. The Bertz CT molecular complexity index is 1210. The van der Waals surface area contributed by atoms with E-state index in [2.05, 4.69) is 13.5 Å². The fraction of sp³-hybridized carbons (Fsp3) is 0.130. The molecule has 0 aliphatic heterocycles. The predicted octanol–water partition coefficient (Wildman–Crippen LogP) is 6.09. The Balaban J connectivity index is 2.04. The number of benzene rings is 2. The molecule has 4 rings (SSSR count). The fourth-order valence-electron chi connectivity index (χ4n) is 3.18. The van der Waals surface area contributed by atoms with Gasteiger partial charge in [0, 0.05) is 16.2 Å². The monoisotopic (exact) mass is 404 g/mol. The molecule has 2 heterocycles. The average molecular weight is 405 g/mol. The van der Waals surface area contributed by atoms with E-state index in [9.17, 15) is 4.79 Å². The van der Waals surface area contributed by atoms with Crippen LogP contribution in [0.5, 0.6) is 0 Å². The van der Waals surface area contributed by atoms with E-state index in [-0.39, 0.29) is 5.56 Å². The quantitative estimate of drug-likeness (QED) is 0.229. The molecule has 0 bridgehead atoms. The molecule has 2 aromatic carbocycles. The molecule has 0 aliphatic carbocycles. The first-order valence-corrected chi connectivity index (χ1v) is 10.8. The lowest BCUT2D eigenvalue weighted by molar-refractivity contribution is 0.823. The van der Waals surface area contributed by atoms with Crippen molar-refractivity contribution in [3.05, 3.63) is 88.0 Å². The number of para-hydroxylation sites is 1. The van der Waals surface area contributed by atoms with Crippen molar-refractivity contribution < 1.29 is 0 Å². The topological polar surface area (TPSA) is 34.9 Å². The van der Waals surface area contributed by atoms with Gasteiger partial charge >= 0.3 is 0 Å². The summed E-state index contributed by atoms with van der Waals surface area (Å²) in [6, 6.07) is 19.8. The van der Waals surface area contributed by atoms with Gasteiger partial charge in [-0.2, -0.15) is 0 Å². The molecule has 0 radical (unpaired) electrons. The Labute approximate surface area is 172 Å². The third-order valence-electron chi connectivity index (χ3n) is 4.40.